The molecule has 3 heteroatoms. The second-order valence-electron chi connectivity index (χ2n) is 7.60. The number of benzene rings is 3. The summed E-state index contributed by atoms with van der Waals surface area (Å²) in [7, 11) is 0. The van der Waals surface area contributed by atoms with Crippen molar-refractivity contribution in [1.29, 1.82) is 5.26 Å². The van der Waals surface area contributed by atoms with E-state index in [1.807, 2.05) is 24.4 Å². The van der Waals surface area contributed by atoms with Gasteiger partial charge in [0.2, 0.25) is 0 Å². The average Bonchev–Trinajstić information content (AvgIpc) is 3.44. The van der Waals surface area contributed by atoms with Crippen LogP contribution < -0.4 is 0 Å². The number of rotatable bonds is 5. The molecule has 0 amide bonds. The summed E-state index contributed by atoms with van der Waals surface area (Å²) in [6.07, 6.45) is 2.89. The van der Waals surface area contributed by atoms with Crippen LogP contribution in [0.25, 0.3) is 0 Å². The summed E-state index contributed by atoms with van der Waals surface area (Å²) in [4.78, 5) is 8.55. The lowest BCUT2D eigenvalue weighted by Crippen LogP contribution is -2.32. The third-order valence-corrected chi connectivity index (χ3v) is 5.91. The Hall–Kier alpha value is -3.64. The Kier molecular flexibility index (Phi) is 4.26. The maximum absolute atomic E-state index is 9.25. The highest BCUT2D eigenvalue weighted by Crippen LogP contribution is 2.48. The van der Waals surface area contributed by atoms with E-state index < -0.39 is 5.41 Å². The molecule has 1 aliphatic carbocycles. The summed E-state index contributed by atoms with van der Waals surface area (Å²) in [6, 6.07) is 33.9. The first-order chi connectivity index (χ1) is 14.3. The molecule has 0 bridgehead atoms. The van der Waals surface area contributed by atoms with E-state index in [-0.39, 0.29) is 11.8 Å². The zero-order chi connectivity index (χ0) is 19.7. The van der Waals surface area contributed by atoms with Crippen molar-refractivity contribution in [3.63, 3.8) is 0 Å². The molecular formula is C26H21N3. The predicted octanol–water partition coefficient (Wildman–Crippen LogP) is 5.42. The highest BCUT2D eigenvalue weighted by molar-refractivity contribution is 5.56. The van der Waals surface area contributed by atoms with Crippen LogP contribution in [0.15, 0.2) is 97.2 Å². The van der Waals surface area contributed by atoms with Crippen LogP contribution in [0.2, 0.25) is 0 Å². The van der Waals surface area contributed by atoms with E-state index in [0.717, 1.165) is 34.6 Å². The maximum Gasteiger partial charge on any atom is 0.126 e. The zero-order valence-electron chi connectivity index (χ0n) is 16.0. The molecular weight excluding hydrogens is 354 g/mol. The summed E-state index contributed by atoms with van der Waals surface area (Å²) < 4.78 is 0. The van der Waals surface area contributed by atoms with Crippen molar-refractivity contribution < 1.29 is 0 Å². The molecule has 140 valence electrons. The normalized spacial score (nSPS) is 18.2. The van der Waals surface area contributed by atoms with Gasteiger partial charge in [0.05, 0.1) is 17.7 Å². The SMILES string of the molecule is N#C[C@@H]1C[C@H]1c1c[nH]c(C(c2ccccc2)(c2ccccc2)c2ccccc2)n1. The van der Waals surface area contributed by atoms with Gasteiger partial charge in [-0.15, -0.1) is 0 Å². The molecule has 29 heavy (non-hydrogen) atoms. The lowest BCUT2D eigenvalue weighted by molar-refractivity contribution is 0.689. The number of hydrogen-bond donors (Lipinski definition) is 1. The summed E-state index contributed by atoms with van der Waals surface area (Å²) >= 11 is 0. The number of nitrogens with zero attached hydrogens (tertiary/aromatic N) is 2. The summed E-state index contributed by atoms with van der Waals surface area (Å²) in [6.45, 7) is 0. The third-order valence-electron chi connectivity index (χ3n) is 5.91. The van der Waals surface area contributed by atoms with E-state index in [1.54, 1.807) is 0 Å². The lowest BCUT2D eigenvalue weighted by atomic mass is 9.69. The third kappa shape index (κ3) is 2.85. The van der Waals surface area contributed by atoms with Gasteiger partial charge in [0.25, 0.3) is 0 Å². The van der Waals surface area contributed by atoms with Crippen molar-refractivity contribution in [3.8, 4) is 6.07 Å². The molecule has 0 saturated heterocycles. The Balaban J connectivity index is 1.78. The fraction of sp³-hybridized carbons (Fsp3) is 0.154. The molecule has 0 radical (unpaired) electrons. The molecule has 0 spiro atoms. The fourth-order valence-corrected chi connectivity index (χ4v) is 4.36. The first kappa shape index (κ1) is 17.5. The van der Waals surface area contributed by atoms with Gasteiger partial charge in [-0.2, -0.15) is 5.26 Å². The van der Waals surface area contributed by atoms with E-state index in [1.165, 1.54) is 0 Å². The summed E-state index contributed by atoms with van der Waals surface area (Å²) in [5, 5.41) is 9.25. The Bertz CT molecular complexity index is 1040. The van der Waals surface area contributed by atoms with E-state index in [2.05, 4.69) is 83.8 Å². The topological polar surface area (TPSA) is 52.5 Å². The molecule has 5 rings (SSSR count). The Morgan fingerprint density at radius 1 is 0.793 bits per heavy atom. The quantitative estimate of drug-likeness (QED) is 0.474. The van der Waals surface area contributed by atoms with Gasteiger partial charge in [0.1, 0.15) is 11.2 Å². The minimum absolute atomic E-state index is 0.0886. The number of imidazole rings is 1. The van der Waals surface area contributed by atoms with Crippen molar-refractivity contribution in [2.75, 3.05) is 0 Å². The minimum atomic E-state index is -0.556. The first-order valence-electron chi connectivity index (χ1n) is 9.96. The number of hydrogen-bond acceptors (Lipinski definition) is 2. The highest BCUT2D eigenvalue weighted by Gasteiger charge is 2.44. The molecule has 2 atom stereocenters. The molecule has 3 nitrogen and oxygen atoms in total. The van der Waals surface area contributed by atoms with Gasteiger partial charge in [-0.1, -0.05) is 91.0 Å². The molecule has 0 unspecified atom stereocenters. The molecule has 1 saturated carbocycles. The fourth-order valence-electron chi connectivity index (χ4n) is 4.36. The number of nitrogens with one attached hydrogen (secondary N) is 1. The zero-order valence-corrected chi connectivity index (χ0v) is 16.0. The van der Waals surface area contributed by atoms with Gasteiger partial charge in [-0.25, -0.2) is 4.98 Å². The monoisotopic (exact) mass is 375 g/mol. The average molecular weight is 375 g/mol. The second-order valence-corrected chi connectivity index (χ2v) is 7.60. The maximum atomic E-state index is 9.25. The van der Waals surface area contributed by atoms with Crippen molar-refractivity contribution in [2.45, 2.75) is 17.8 Å². The van der Waals surface area contributed by atoms with Crippen LogP contribution in [-0.4, -0.2) is 9.97 Å². The van der Waals surface area contributed by atoms with Crippen LogP contribution in [0.1, 0.15) is 40.5 Å². The standard InChI is InChI=1S/C26H21N3/c27-17-19-16-23(19)24-18-28-25(29-24)26(20-10-4-1-5-11-20,21-12-6-2-7-13-21)22-14-8-3-9-15-22/h1-15,18-19,23H,16H2,(H,28,29)/t19-,23+/m0/s1. The second kappa shape index (κ2) is 7.07. The van der Waals surface area contributed by atoms with Gasteiger partial charge in [0.15, 0.2) is 0 Å². The van der Waals surface area contributed by atoms with Crippen molar-refractivity contribution in [1.82, 2.24) is 9.97 Å². The summed E-state index contributed by atoms with van der Waals surface area (Å²) in [5.74, 6) is 1.22. The van der Waals surface area contributed by atoms with Gasteiger partial charge in [0, 0.05) is 12.1 Å². The predicted molar refractivity (Wildman–Crippen MR) is 113 cm³/mol. The molecule has 1 heterocycles. The minimum Gasteiger partial charge on any atom is -0.347 e. The smallest absolute Gasteiger partial charge is 0.126 e. The molecule has 1 fully saturated rings. The number of aromatic amines is 1. The lowest BCUT2D eigenvalue weighted by Gasteiger charge is -2.34. The molecule has 1 aliphatic rings. The number of H-pyrrole nitrogens is 1. The molecule has 1 aromatic heterocycles. The summed E-state index contributed by atoms with van der Waals surface area (Å²) in [5.41, 5.74) is 3.90. The number of aromatic nitrogens is 2. The van der Waals surface area contributed by atoms with E-state index in [0.29, 0.717) is 0 Å². The Labute approximate surface area is 170 Å². The first-order valence-corrected chi connectivity index (χ1v) is 9.96. The van der Waals surface area contributed by atoms with Gasteiger partial charge < -0.3 is 4.98 Å². The van der Waals surface area contributed by atoms with Crippen LogP contribution >= 0.6 is 0 Å². The molecule has 1 N–H and O–H groups in total. The highest BCUT2D eigenvalue weighted by atomic mass is 15.0. The van der Waals surface area contributed by atoms with Crippen molar-refractivity contribution >= 4 is 0 Å². The van der Waals surface area contributed by atoms with E-state index in [4.69, 9.17) is 4.98 Å². The number of nitriles is 1. The Morgan fingerprint density at radius 2 is 1.28 bits per heavy atom. The molecule has 4 aromatic rings. The van der Waals surface area contributed by atoms with Gasteiger partial charge in [-0.3, -0.25) is 0 Å². The van der Waals surface area contributed by atoms with Gasteiger partial charge in [-0.05, 0) is 23.1 Å². The van der Waals surface area contributed by atoms with Crippen LogP contribution in [0, 0.1) is 17.2 Å². The van der Waals surface area contributed by atoms with Crippen LogP contribution in [0.3, 0.4) is 0 Å². The molecule has 0 aliphatic heterocycles. The van der Waals surface area contributed by atoms with Crippen LogP contribution in [0.5, 0.6) is 0 Å². The van der Waals surface area contributed by atoms with Crippen LogP contribution in [-0.2, 0) is 5.41 Å². The largest absolute Gasteiger partial charge is 0.347 e. The van der Waals surface area contributed by atoms with Crippen molar-refractivity contribution in [2.24, 2.45) is 5.92 Å². The van der Waals surface area contributed by atoms with E-state index in [9.17, 15) is 5.26 Å². The Morgan fingerprint density at radius 3 is 1.69 bits per heavy atom. The van der Waals surface area contributed by atoms with Gasteiger partial charge >= 0.3 is 0 Å². The molecule has 3 aromatic carbocycles. The van der Waals surface area contributed by atoms with E-state index >= 15 is 0 Å². The van der Waals surface area contributed by atoms with Crippen LogP contribution in [0.4, 0.5) is 0 Å². The van der Waals surface area contributed by atoms with Crippen molar-refractivity contribution in [3.05, 3.63) is 125 Å².